The van der Waals surface area contributed by atoms with Crippen LogP contribution in [0.2, 0.25) is 4.34 Å². The fraction of sp³-hybridized carbons (Fsp3) is 0. The summed E-state index contributed by atoms with van der Waals surface area (Å²) in [5.74, 6) is -0.172. The minimum Gasteiger partial charge on any atom is -0.322 e. The molecule has 0 aliphatic carbocycles. The van der Waals surface area contributed by atoms with Crippen LogP contribution in [0.25, 0.3) is 21.5 Å². The summed E-state index contributed by atoms with van der Waals surface area (Å²) < 4.78 is 0.691. The molecule has 2 N–H and O–H groups in total. The highest BCUT2D eigenvalue weighted by Crippen LogP contribution is 2.32. The van der Waals surface area contributed by atoms with E-state index in [1.807, 2.05) is 42.5 Å². The van der Waals surface area contributed by atoms with Crippen LogP contribution in [0.15, 0.2) is 67.0 Å². The van der Waals surface area contributed by atoms with Crippen molar-refractivity contribution in [3.05, 3.63) is 76.9 Å². The molecular weight excluding hydrogens is 354 g/mol. The Morgan fingerprint density at radius 2 is 1.88 bits per heavy atom. The number of rotatable bonds is 3. The summed E-state index contributed by atoms with van der Waals surface area (Å²) >= 11 is 7.49. The van der Waals surface area contributed by atoms with Gasteiger partial charge in [0.15, 0.2) is 12.4 Å². The number of thiophene rings is 1. The third kappa shape index (κ3) is 3.24. The quantitative estimate of drug-likeness (QED) is 0.572. The number of nitrogens with zero attached hydrogens (tertiary/aromatic N) is 1. The molecule has 0 saturated heterocycles. The maximum atomic E-state index is 12.8. The van der Waals surface area contributed by atoms with E-state index in [0.717, 1.165) is 27.2 Å². The molecule has 1 aromatic carbocycles. The van der Waals surface area contributed by atoms with Crippen LogP contribution in [-0.4, -0.2) is 10.9 Å². The molecule has 0 unspecified atom stereocenters. The van der Waals surface area contributed by atoms with E-state index >= 15 is 0 Å². The lowest BCUT2D eigenvalue weighted by Gasteiger charge is -2.09. The maximum Gasteiger partial charge on any atom is 0.256 e. The summed E-state index contributed by atoms with van der Waals surface area (Å²) in [7, 11) is 0. The van der Waals surface area contributed by atoms with Gasteiger partial charge in [-0.05, 0) is 24.3 Å². The number of aromatic nitrogens is 2. The number of para-hydroxylation sites is 1. The number of H-pyrrole nitrogens is 1. The van der Waals surface area contributed by atoms with Crippen LogP contribution in [0.1, 0.15) is 10.4 Å². The molecule has 0 fully saturated rings. The number of amides is 1. The summed E-state index contributed by atoms with van der Waals surface area (Å²) in [6.45, 7) is 0. The molecule has 4 nitrogen and oxygen atoms in total. The molecule has 4 aromatic rings. The lowest BCUT2D eigenvalue weighted by atomic mass is 10.1. The zero-order valence-electron chi connectivity index (χ0n) is 13.0. The highest BCUT2D eigenvalue weighted by molar-refractivity contribution is 7.19. The van der Waals surface area contributed by atoms with Gasteiger partial charge >= 0.3 is 0 Å². The zero-order valence-corrected chi connectivity index (χ0v) is 14.6. The number of halogens is 1. The molecule has 0 aliphatic heterocycles. The smallest absolute Gasteiger partial charge is 0.256 e. The molecule has 0 bridgehead atoms. The van der Waals surface area contributed by atoms with Crippen LogP contribution in [0.3, 0.4) is 0 Å². The Morgan fingerprint density at radius 3 is 2.64 bits per heavy atom. The number of hydrogen-bond donors (Lipinski definition) is 1. The van der Waals surface area contributed by atoms with Crippen molar-refractivity contribution >= 4 is 45.4 Å². The molecule has 0 aliphatic rings. The lowest BCUT2D eigenvalue weighted by Crippen LogP contribution is -2.14. The van der Waals surface area contributed by atoms with Crippen molar-refractivity contribution in [1.29, 1.82) is 0 Å². The number of carbonyl (C=O) groups excluding carboxylic acids is 1. The van der Waals surface area contributed by atoms with Crippen LogP contribution >= 0.6 is 22.9 Å². The number of nitrogens with one attached hydrogen (secondary N) is 2. The van der Waals surface area contributed by atoms with E-state index in [1.54, 1.807) is 24.5 Å². The van der Waals surface area contributed by atoms with E-state index in [4.69, 9.17) is 11.6 Å². The van der Waals surface area contributed by atoms with Crippen LogP contribution in [-0.2, 0) is 0 Å². The minimum absolute atomic E-state index is 0.172. The van der Waals surface area contributed by atoms with Crippen molar-refractivity contribution in [1.82, 2.24) is 4.98 Å². The normalized spacial score (nSPS) is 10.8. The van der Waals surface area contributed by atoms with Gasteiger partial charge in [0.2, 0.25) is 0 Å². The summed E-state index contributed by atoms with van der Waals surface area (Å²) in [5.41, 5.74) is 2.82. The summed E-state index contributed by atoms with van der Waals surface area (Å²) in [4.78, 5) is 21.4. The molecule has 0 spiro atoms. The Labute approximate surface area is 153 Å². The summed E-state index contributed by atoms with van der Waals surface area (Å²) in [5, 5.41) is 3.74. The topological polar surface area (TPSA) is 56.1 Å². The monoisotopic (exact) mass is 366 g/mol. The van der Waals surface area contributed by atoms with Crippen molar-refractivity contribution in [2.75, 3.05) is 5.32 Å². The Bertz CT molecular complexity index is 1060. The highest BCUT2D eigenvalue weighted by atomic mass is 35.5. The second kappa shape index (κ2) is 6.63. The molecule has 1 amide bonds. The van der Waals surface area contributed by atoms with Gasteiger partial charge < -0.3 is 5.32 Å². The number of aromatic amines is 1. The predicted molar refractivity (Wildman–Crippen MR) is 101 cm³/mol. The van der Waals surface area contributed by atoms with Gasteiger partial charge in [0.05, 0.1) is 31.7 Å². The third-order valence-electron chi connectivity index (χ3n) is 3.76. The molecule has 0 atom stereocenters. The van der Waals surface area contributed by atoms with Crippen molar-refractivity contribution in [3.8, 4) is 10.6 Å². The Balaban J connectivity index is 1.82. The lowest BCUT2D eigenvalue weighted by molar-refractivity contribution is -0.377. The fourth-order valence-electron chi connectivity index (χ4n) is 2.61. The van der Waals surface area contributed by atoms with Gasteiger partial charge in [-0.25, -0.2) is 9.97 Å². The first-order valence-corrected chi connectivity index (χ1v) is 8.83. The van der Waals surface area contributed by atoms with E-state index in [-0.39, 0.29) is 5.91 Å². The van der Waals surface area contributed by atoms with Gasteiger partial charge in [-0.1, -0.05) is 29.8 Å². The Hall–Kier alpha value is -2.76. The molecule has 3 aromatic heterocycles. The second-order valence-corrected chi connectivity index (χ2v) is 7.13. The van der Waals surface area contributed by atoms with E-state index in [9.17, 15) is 4.79 Å². The number of fused-ring (bicyclic) bond motifs is 1. The standard InChI is InChI=1S/C19H12ClN3OS/c20-18-6-5-17(25-18)16-11-14(13-3-1-2-4-15(13)23-16)19(24)22-12-7-9-21-10-8-12/h1-11H,(H,21,22,24)/p+1. The average Bonchev–Trinajstić information content (AvgIpc) is 3.08. The van der Waals surface area contributed by atoms with Gasteiger partial charge in [0, 0.05) is 17.5 Å². The molecule has 122 valence electrons. The Morgan fingerprint density at radius 1 is 1.08 bits per heavy atom. The number of pyridine rings is 2. The van der Waals surface area contributed by atoms with Crippen molar-refractivity contribution < 1.29 is 9.78 Å². The molecule has 0 radical (unpaired) electrons. The third-order valence-corrected chi connectivity index (χ3v) is 5.02. The average molecular weight is 367 g/mol. The maximum absolute atomic E-state index is 12.8. The van der Waals surface area contributed by atoms with Gasteiger partial charge in [0.1, 0.15) is 0 Å². The van der Waals surface area contributed by atoms with E-state index < -0.39 is 0 Å². The summed E-state index contributed by atoms with van der Waals surface area (Å²) in [6.07, 6.45) is 3.53. The first kappa shape index (κ1) is 15.7. The minimum atomic E-state index is -0.172. The van der Waals surface area contributed by atoms with E-state index in [2.05, 4.69) is 15.3 Å². The Kier molecular flexibility index (Phi) is 4.17. The van der Waals surface area contributed by atoms with Gasteiger partial charge in [0.25, 0.3) is 5.91 Å². The largest absolute Gasteiger partial charge is 0.322 e. The number of anilines is 1. The molecule has 0 saturated carbocycles. The first-order chi connectivity index (χ1) is 12.2. The molecule has 6 heteroatoms. The van der Waals surface area contributed by atoms with Gasteiger partial charge in [-0.15, -0.1) is 11.3 Å². The van der Waals surface area contributed by atoms with Gasteiger partial charge in [-0.3, -0.25) is 4.79 Å². The predicted octanol–water partition coefficient (Wildman–Crippen LogP) is 4.68. The van der Waals surface area contributed by atoms with Crippen LogP contribution in [0, 0.1) is 0 Å². The molecule has 4 rings (SSSR count). The van der Waals surface area contributed by atoms with Crippen LogP contribution < -0.4 is 10.3 Å². The van der Waals surface area contributed by atoms with Crippen molar-refractivity contribution in [2.45, 2.75) is 0 Å². The molecular formula is C19H13ClN3OS+. The SMILES string of the molecule is O=C(Nc1cc[nH+]cc1)c1cc(-c2ccc(Cl)s2)nc2ccccc12. The first-order valence-electron chi connectivity index (χ1n) is 7.64. The van der Waals surface area contributed by atoms with Crippen molar-refractivity contribution in [3.63, 3.8) is 0 Å². The van der Waals surface area contributed by atoms with Crippen LogP contribution in [0.5, 0.6) is 0 Å². The number of carbonyl (C=O) groups is 1. The second-order valence-electron chi connectivity index (χ2n) is 5.42. The van der Waals surface area contributed by atoms with E-state index in [1.165, 1.54) is 11.3 Å². The van der Waals surface area contributed by atoms with Crippen molar-refractivity contribution in [2.24, 2.45) is 0 Å². The summed E-state index contributed by atoms with van der Waals surface area (Å²) in [6, 6.07) is 16.8. The number of benzene rings is 1. The number of hydrogen-bond acceptors (Lipinski definition) is 3. The molecule has 25 heavy (non-hydrogen) atoms. The van der Waals surface area contributed by atoms with E-state index in [0.29, 0.717) is 9.90 Å². The van der Waals surface area contributed by atoms with Crippen LogP contribution in [0.4, 0.5) is 5.69 Å². The highest BCUT2D eigenvalue weighted by Gasteiger charge is 2.15. The zero-order chi connectivity index (χ0) is 17.2. The molecule has 3 heterocycles. The fourth-order valence-corrected chi connectivity index (χ4v) is 3.61. The van der Waals surface area contributed by atoms with Gasteiger partial charge in [-0.2, -0.15) is 0 Å².